The molecule has 1 aliphatic rings. The highest BCUT2D eigenvalue weighted by atomic mass is 32.2. The van der Waals surface area contributed by atoms with Crippen LogP contribution in [0.25, 0.3) is 0 Å². The first-order chi connectivity index (χ1) is 15.2. The quantitative estimate of drug-likeness (QED) is 0.654. The molecule has 1 fully saturated rings. The van der Waals surface area contributed by atoms with Crippen molar-refractivity contribution < 1.29 is 31.5 Å². The van der Waals surface area contributed by atoms with Crippen molar-refractivity contribution >= 4 is 27.6 Å². The fraction of sp³-hybridized carbons (Fsp3) is 0.333. The fourth-order valence-corrected chi connectivity index (χ4v) is 5.09. The molecule has 0 aromatic heterocycles. The molecule has 32 heavy (non-hydrogen) atoms. The van der Waals surface area contributed by atoms with Gasteiger partial charge in [-0.2, -0.15) is 4.31 Å². The molecule has 0 unspecified atom stereocenters. The molecule has 2 aromatic rings. The summed E-state index contributed by atoms with van der Waals surface area (Å²) in [5.41, 5.74) is -0.174. The summed E-state index contributed by atoms with van der Waals surface area (Å²) >= 11 is 0. The van der Waals surface area contributed by atoms with Gasteiger partial charge in [-0.05, 0) is 37.2 Å². The Morgan fingerprint density at radius 1 is 1.06 bits per heavy atom. The minimum absolute atomic E-state index is 0.0446. The number of rotatable bonds is 6. The molecule has 1 N–H and O–H groups in total. The highest BCUT2D eigenvalue weighted by Crippen LogP contribution is 2.22. The van der Waals surface area contributed by atoms with Gasteiger partial charge in [0.15, 0.2) is 0 Å². The largest absolute Gasteiger partial charge is 0.465 e. The molecular weight excluding hydrogens is 444 g/mol. The first kappa shape index (κ1) is 23.8. The Bertz CT molecular complexity index is 1110. The lowest BCUT2D eigenvalue weighted by Crippen LogP contribution is -2.38. The van der Waals surface area contributed by atoms with E-state index in [9.17, 15) is 26.8 Å². The summed E-state index contributed by atoms with van der Waals surface area (Å²) in [6.45, 7) is 0.949. The molecule has 0 bridgehead atoms. The van der Waals surface area contributed by atoms with Gasteiger partial charge in [0.1, 0.15) is 11.6 Å². The van der Waals surface area contributed by atoms with Gasteiger partial charge < -0.3 is 10.1 Å². The number of nitrogens with one attached hydrogen (secondary N) is 1. The average molecular weight is 467 g/mol. The van der Waals surface area contributed by atoms with Crippen molar-refractivity contribution in [1.29, 1.82) is 0 Å². The van der Waals surface area contributed by atoms with Crippen LogP contribution in [0.1, 0.15) is 16.8 Å². The summed E-state index contributed by atoms with van der Waals surface area (Å²) in [7, 11) is -2.78. The molecule has 0 saturated carbocycles. The van der Waals surface area contributed by atoms with Crippen LogP contribution in [0.5, 0.6) is 0 Å². The zero-order valence-corrected chi connectivity index (χ0v) is 18.2. The number of hydrogen-bond acceptors (Lipinski definition) is 6. The maximum absolute atomic E-state index is 13.7. The number of carbonyl (C=O) groups excluding carboxylic acids is 2. The number of amides is 1. The molecule has 1 saturated heterocycles. The third kappa shape index (κ3) is 5.47. The number of carbonyl (C=O) groups is 2. The van der Waals surface area contributed by atoms with Crippen molar-refractivity contribution in [3.05, 3.63) is 59.7 Å². The Morgan fingerprint density at radius 3 is 2.53 bits per heavy atom. The molecule has 8 nitrogen and oxygen atoms in total. The first-order valence-electron chi connectivity index (χ1n) is 9.87. The number of esters is 1. The van der Waals surface area contributed by atoms with E-state index in [0.717, 1.165) is 12.1 Å². The van der Waals surface area contributed by atoms with Crippen LogP contribution < -0.4 is 5.32 Å². The lowest BCUT2D eigenvalue weighted by atomic mass is 10.2. The van der Waals surface area contributed by atoms with Crippen LogP contribution in [-0.4, -0.2) is 69.3 Å². The zero-order valence-electron chi connectivity index (χ0n) is 17.4. The standard InChI is InChI=1S/C21H23F2N3O5S/c1-31-21(28)16-5-2-3-6-19(16)32(29,30)26-10-4-9-25(11-12-26)14-20(27)24-18-8-7-15(22)13-17(18)23/h2-3,5-8,13H,4,9-12,14H2,1H3,(H,24,27). The first-order valence-corrected chi connectivity index (χ1v) is 11.3. The van der Waals surface area contributed by atoms with Gasteiger partial charge in [-0.1, -0.05) is 12.1 Å². The molecule has 0 atom stereocenters. The molecule has 0 aliphatic carbocycles. The van der Waals surface area contributed by atoms with Crippen LogP contribution in [0.4, 0.5) is 14.5 Å². The fourth-order valence-electron chi connectivity index (χ4n) is 3.44. The number of anilines is 1. The minimum atomic E-state index is -3.96. The van der Waals surface area contributed by atoms with Crippen LogP contribution in [0, 0.1) is 11.6 Å². The predicted octanol–water partition coefficient (Wildman–Crippen LogP) is 2.09. The summed E-state index contributed by atoms with van der Waals surface area (Å²) in [4.78, 5) is 25.9. The normalized spacial score (nSPS) is 15.7. The minimum Gasteiger partial charge on any atom is -0.465 e. The second kappa shape index (κ2) is 10.2. The van der Waals surface area contributed by atoms with Gasteiger partial charge in [-0.25, -0.2) is 22.0 Å². The molecule has 2 aromatic carbocycles. The third-order valence-electron chi connectivity index (χ3n) is 5.03. The van der Waals surface area contributed by atoms with E-state index >= 15 is 0 Å². The van der Waals surface area contributed by atoms with E-state index < -0.39 is 33.5 Å². The van der Waals surface area contributed by atoms with Gasteiger partial charge in [-0.15, -0.1) is 0 Å². The molecule has 1 heterocycles. The van der Waals surface area contributed by atoms with Crippen LogP contribution in [-0.2, 0) is 19.6 Å². The van der Waals surface area contributed by atoms with E-state index in [1.54, 1.807) is 11.0 Å². The number of benzene rings is 2. The van der Waals surface area contributed by atoms with Crippen molar-refractivity contribution in [3.8, 4) is 0 Å². The van der Waals surface area contributed by atoms with E-state index in [-0.39, 0.29) is 42.3 Å². The number of halogens is 2. The Hall–Kier alpha value is -2.89. The second-order valence-electron chi connectivity index (χ2n) is 7.19. The molecule has 11 heteroatoms. The van der Waals surface area contributed by atoms with Gasteiger partial charge in [-0.3, -0.25) is 9.69 Å². The van der Waals surface area contributed by atoms with Crippen molar-refractivity contribution in [2.75, 3.05) is 45.2 Å². The highest BCUT2D eigenvalue weighted by molar-refractivity contribution is 7.89. The second-order valence-corrected chi connectivity index (χ2v) is 9.10. The van der Waals surface area contributed by atoms with E-state index in [4.69, 9.17) is 0 Å². The van der Waals surface area contributed by atoms with Gasteiger partial charge in [0, 0.05) is 25.7 Å². The number of ether oxygens (including phenoxy) is 1. The van der Waals surface area contributed by atoms with Crippen molar-refractivity contribution in [2.45, 2.75) is 11.3 Å². The van der Waals surface area contributed by atoms with Crippen molar-refractivity contribution in [2.24, 2.45) is 0 Å². The van der Waals surface area contributed by atoms with Crippen LogP contribution in [0.3, 0.4) is 0 Å². The number of sulfonamides is 1. The smallest absolute Gasteiger partial charge is 0.339 e. The average Bonchev–Trinajstić information content (AvgIpc) is 3.01. The predicted molar refractivity (Wildman–Crippen MR) is 113 cm³/mol. The number of hydrogen-bond donors (Lipinski definition) is 1. The lowest BCUT2D eigenvalue weighted by Gasteiger charge is -2.22. The Kier molecular flexibility index (Phi) is 7.54. The van der Waals surface area contributed by atoms with Crippen LogP contribution >= 0.6 is 0 Å². The summed E-state index contributed by atoms with van der Waals surface area (Å²) < 4.78 is 59.0. The van der Waals surface area contributed by atoms with E-state index in [1.165, 1.54) is 29.6 Å². The van der Waals surface area contributed by atoms with Gasteiger partial charge in [0.2, 0.25) is 15.9 Å². The monoisotopic (exact) mass is 467 g/mol. The highest BCUT2D eigenvalue weighted by Gasteiger charge is 2.31. The molecule has 1 aliphatic heterocycles. The molecule has 3 rings (SSSR count). The van der Waals surface area contributed by atoms with Crippen LogP contribution in [0.15, 0.2) is 47.4 Å². The number of nitrogens with zero attached hydrogens (tertiary/aromatic N) is 2. The summed E-state index contributed by atoms with van der Waals surface area (Å²) in [5, 5.41) is 2.39. The van der Waals surface area contributed by atoms with E-state index in [1.807, 2.05) is 0 Å². The molecular formula is C21H23F2N3O5S. The zero-order chi connectivity index (χ0) is 23.3. The van der Waals surface area contributed by atoms with Gasteiger partial charge >= 0.3 is 5.97 Å². The summed E-state index contributed by atoms with van der Waals surface area (Å²) in [6.07, 6.45) is 0.456. The molecule has 1 amide bonds. The summed E-state index contributed by atoms with van der Waals surface area (Å²) in [5.74, 6) is -2.87. The van der Waals surface area contributed by atoms with Crippen molar-refractivity contribution in [3.63, 3.8) is 0 Å². The Morgan fingerprint density at radius 2 is 1.81 bits per heavy atom. The SMILES string of the molecule is COC(=O)c1ccccc1S(=O)(=O)N1CCCN(CC(=O)Nc2ccc(F)cc2F)CC1. The van der Waals surface area contributed by atoms with Gasteiger partial charge in [0.05, 0.1) is 29.8 Å². The number of methoxy groups -OCH3 is 1. The van der Waals surface area contributed by atoms with Crippen LogP contribution in [0.2, 0.25) is 0 Å². The lowest BCUT2D eigenvalue weighted by molar-refractivity contribution is -0.117. The van der Waals surface area contributed by atoms with E-state index in [0.29, 0.717) is 19.0 Å². The topological polar surface area (TPSA) is 96.0 Å². The molecule has 0 radical (unpaired) electrons. The molecule has 0 spiro atoms. The molecule has 172 valence electrons. The maximum Gasteiger partial charge on any atom is 0.339 e. The van der Waals surface area contributed by atoms with Crippen molar-refractivity contribution in [1.82, 2.24) is 9.21 Å². The third-order valence-corrected chi connectivity index (χ3v) is 6.99. The van der Waals surface area contributed by atoms with E-state index in [2.05, 4.69) is 10.1 Å². The maximum atomic E-state index is 13.7. The Labute approximate surface area is 184 Å². The summed E-state index contributed by atoms with van der Waals surface area (Å²) in [6, 6.07) is 8.69. The van der Waals surface area contributed by atoms with Gasteiger partial charge in [0.25, 0.3) is 0 Å². The Balaban J connectivity index is 1.66.